The van der Waals surface area contributed by atoms with Crippen LogP contribution in [0.1, 0.15) is 45.6 Å². The molecule has 0 spiro atoms. The maximum Gasteiger partial charge on any atom is 0.161 e. The third-order valence-electron chi connectivity index (χ3n) is 3.32. The van der Waals surface area contributed by atoms with Gasteiger partial charge in [0.1, 0.15) is 5.82 Å². The quantitative estimate of drug-likeness (QED) is 0.834. The fourth-order valence-corrected chi connectivity index (χ4v) is 2.03. The smallest absolute Gasteiger partial charge is 0.161 e. The molecule has 1 saturated carbocycles. The van der Waals surface area contributed by atoms with E-state index in [-0.39, 0.29) is 12.1 Å². The molecule has 0 bridgehead atoms. The molecule has 1 aliphatic carbocycles. The highest BCUT2D eigenvalue weighted by molar-refractivity contribution is 5.64. The summed E-state index contributed by atoms with van der Waals surface area (Å²) in [6, 6.07) is 1.37. The van der Waals surface area contributed by atoms with Gasteiger partial charge in [0.05, 0.1) is 17.4 Å². The van der Waals surface area contributed by atoms with Crippen molar-refractivity contribution in [3.63, 3.8) is 0 Å². The molecular formula is C17H22F3N3. The molecular weight excluding hydrogens is 303 g/mol. The predicted octanol–water partition coefficient (Wildman–Crippen LogP) is 4.35. The van der Waals surface area contributed by atoms with Crippen LogP contribution in [0.3, 0.4) is 0 Å². The largest absolute Gasteiger partial charge is 0.326 e. The number of nitrogens with zero attached hydrogens (tertiary/aromatic N) is 2. The van der Waals surface area contributed by atoms with Crippen molar-refractivity contribution in [2.75, 3.05) is 0 Å². The van der Waals surface area contributed by atoms with Crippen molar-refractivity contribution in [1.29, 1.82) is 0 Å². The summed E-state index contributed by atoms with van der Waals surface area (Å²) in [4.78, 5) is 0. The summed E-state index contributed by atoms with van der Waals surface area (Å²) in [6.45, 7) is 5.76. The van der Waals surface area contributed by atoms with Crippen LogP contribution in [-0.4, -0.2) is 9.78 Å². The Bertz CT molecular complexity index is 682. The fraction of sp³-hybridized carbons (Fsp3) is 0.471. The SMILES string of the molecule is C1CC1.CC(C)(C)n1ncc(CN)c1-c1cc(F)c(F)cc1F. The van der Waals surface area contributed by atoms with E-state index < -0.39 is 23.0 Å². The third kappa shape index (κ3) is 4.13. The highest BCUT2D eigenvalue weighted by Crippen LogP contribution is 2.31. The standard InChI is InChI=1S/C14H16F3N3.C3H6/c1-14(2,3)20-13(8(6-18)7-19-20)9-4-11(16)12(17)5-10(9)15;1-2-3-1/h4-5,7H,6,18H2,1-3H3;1-3H2. The molecule has 2 aromatic rings. The van der Waals surface area contributed by atoms with Crippen molar-refractivity contribution in [3.8, 4) is 11.3 Å². The highest BCUT2D eigenvalue weighted by Gasteiger charge is 2.24. The molecule has 0 radical (unpaired) electrons. The topological polar surface area (TPSA) is 43.8 Å². The first-order chi connectivity index (χ1) is 10.8. The predicted molar refractivity (Wildman–Crippen MR) is 84.3 cm³/mol. The molecule has 0 atom stereocenters. The van der Waals surface area contributed by atoms with Gasteiger partial charge in [-0.2, -0.15) is 5.10 Å². The summed E-state index contributed by atoms with van der Waals surface area (Å²) in [6.07, 6.45) is 6.02. The van der Waals surface area contributed by atoms with Gasteiger partial charge in [-0.05, 0) is 26.8 Å². The second-order valence-electron chi connectivity index (χ2n) is 6.61. The molecule has 0 aliphatic heterocycles. The van der Waals surface area contributed by atoms with Crippen LogP contribution >= 0.6 is 0 Å². The summed E-state index contributed by atoms with van der Waals surface area (Å²) in [5.74, 6) is -3.17. The van der Waals surface area contributed by atoms with Crippen LogP contribution in [0.25, 0.3) is 11.3 Å². The number of benzene rings is 1. The number of halogens is 3. The molecule has 1 aliphatic rings. The summed E-state index contributed by atoms with van der Waals surface area (Å²) in [5, 5.41) is 4.18. The van der Waals surface area contributed by atoms with E-state index >= 15 is 0 Å². The minimum atomic E-state index is -1.22. The molecule has 1 aromatic heterocycles. The monoisotopic (exact) mass is 325 g/mol. The van der Waals surface area contributed by atoms with E-state index in [1.165, 1.54) is 25.5 Å². The molecule has 1 fully saturated rings. The lowest BCUT2D eigenvalue weighted by molar-refractivity contribution is 0.359. The van der Waals surface area contributed by atoms with Crippen LogP contribution in [0.15, 0.2) is 18.3 Å². The first-order valence-corrected chi connectivity index (χ1v) is 7.68. The summed E-state index contributed by atoms with van der Waals surface area (Å²) in [7, 11) is 0. The second-order valence-corrected chi connectivity index (χ2v) is 6.61. The Morgan fingerprint density at radius 1 is 1.04 bits per heavy atom. The van der Waals surface area contributed by atoms with Crippen molar-refractivity contribution in [2.45, 2.75) is 52.1 Å². The molecule has 6 heteroatoms. The Hall–Kier alpha value is -1.82. The molecule has 126 valence electrons. The van der Waals surface area contributed by atoms with Crippen LogP contribution in [-0.2, 0) is 12.1 Å². The zero-order chi connectivity index (χ0) is 17.2. The van der Waals surface area contributed by atoms with E-state index in [1.807, 2.05) is 20.8 Å². The lowest BCUT2D eigenvalue weighted by Crippen LogP contribution is -2.24. The molecule has 0 amide bonds. The first kappa shape index (κ1) is 17.5. The average molecular weight is 325 g/mol. The van der Waals surface area contributed by atoms with E-state index in [0.29, 0.717) is 17.3 Å². The number of nitrogens with two attached hydrogens (primary N) is 1. The Balaban J connectivity index is 0.000000572. The number of aromatic nitrogens is 2. The lowest BCUT2D eigenvalue weighted by atomic mass is 10.0. The van der Waals surface area contributed by atoms with Crippen molar-refractivity contribution >= 4 is 0 Å². The van der Waals surface area contributed by atoms with Crippen molar-refractivity contribution in [1.82, 2.24) is 9.78 Å². The second kappa shape index (κ2) is 6.74. The molecule has 1 heterocycles. The normalized spacial score (nSPS) is 13.5. The molecule has 3 nitrogen and oxygen atoms in total. The van der Waals surface area contributed by atoms with E-state index in [9.17, 15) is 13.2 Å². The molecule has 3 rings (SSSR count). The summed E-state index contributed by atoms with van der Waals surface area (Å²) >= 11 is 0. The molecule has 23 heavy (non-hydrogen) atoms. The van der Waals surface area contributed by atoms with Crippen molar-refractivity contribution in [2.24, 2.45) is 5.73 Å². The van der Waals surface area contributed by atoms with Crippen molar-refractivity contribution in [3.05, 3.63) is 41.3 Å². The number of hydrogen-bond donors (Lipinski definition) is 1. The molecule has 0 saturated heterocycles. The van der Waals surface area contributed by atoms with Gasteiger partial charge in [-0.25, -0.2) is 13.2 Å². The maximum atomic E-state index is 14.0. The van der Waals surface area contributed by atoms with Gasteiger partial charge in [-0.3, -0.25) is 4.68 Å². The Morgan fingerprint density at radius 3 is 2.09 bits per heavy atom. The van der Waals surface area contributed by atoms with E-state index in [1.54, 1.807) is 4.68 Å². The van der Waals surface area contributed by atoms with Crippen molar-refractivity contribution < 1.29 is 13.2 Å². The van der Waals surface area contributed by atoms with Gasteiger partial charge in [0.2, 0.25) is 0 Å². The van der Waals surface area contributed by atoms with Gasteiger partial charge in [-0.1, -0.05) is 19.3 Å². The van der Waals surface area contributed by atoms with E-state index in [2.05, 4.69) is 5.10 Å². The Kier molecular flexibility index (Phi) is 5.14. The van der Waals surface area contributed by atoms with Gasteiger partial charge in [0.15, 0.2) is 11.6 Å². The fourth-order valence-electron chi connectivity index (χ4n) is 2.03. The average Bonchev–Trinajstić information content (AvgIpc) is 3.27. The lowest BCUT2D eigenvalue weighted by Gasteiger charge is -2.23. The van der Waals surface area contributed by atoms with E-state index in [4.69, 9.17) is 5.73 Å². The van der Waals surface area contributed by atoms with Crippen LogP contribution in [0.2, 0.25) is 0 Å². The minimum absolute atomic E-state index is 0.0447. The van der Waals surface area contributed by atoms with Gasteiger partial charge in [-0.15, -0.1) is 0 Å². The van der Waals surface area contributed by atoms with Gasteiger partial charge >= 0.3 is 0 Å². The van der Waals surface area contributed by atoms with Gasteiger partial charge in [0, 0.05) is 23.7 Å². The van der Waals surface area contributed by atoms with Crippen LogP contribution in [0, 0.1) is 17.5 Å². The first-order valence-electron chi connectivity index (χ1n) is 7.68. The van der Waals surface area contributed by atoms with Gasteiger partial charge < -0.3 is 5.73 Å². The third-order valence-corrected chi connectivity index (χ3v) is 3.32. The van der Waals surface area contributed by atoms with E-state index in [0.717, 1.165) is 6.07 Å². The molecule has 0 unspecified atom stereocenters. The van der Waals surface area contributed by atoms with Gasteiger partial charge in [0.25, 0.3) is 0 Å². The Labute approximate surface area is 134 Å². The van der Waals surface area contributed by atoms with Crippen LogP contribution < -0.4 is 5.73 Å². The number of hydrogen-bond acceptors (Lipinski definition) is 2. The Morgan fingerprint density at radius 2 is 1.61 bits per heavy atom. The summed E-state index contributed by atoms with van der Waals surface area (Å²) < 4.78 is 42.0. The summed E-state index contributed by atoms with van der Waals surface area (Å²) in [5.41, 5.74) is 6.08. The minimum Gasteiger partial charge on any atom is -0.326 e. The number of rotatable bonds is 2. The molecule has 1 aromatic carbocycles. The maximum absolute atomic E-state index is 14.0. The molecule has 2 N–H and O–H groups in total. The zero-order valence-electron chi connectivity index (χ0n) is 13.7. The zero-order valence-corrected chi connectivity index (χ0v) is 13.7. The van der Waals surface area contributed by atoms with Crippen LogP contribution in [0.4, 0.5) is 13.2 Å². The highest BCUT2D eigenvalue weighted by atomic mass is 19.2. The van der Waals surface area contributed by atoms with Crippen LogP contribution in [0.5, 0.6) is 0 Å².